The van der Waals surface area contributed by atoms with Crippen LogP contribution in [0.5, 0.6) is 5.75 Å². The molecule has 0 radical (unpaired) electrons. The molecule has 1 saturated heterocycles. The molecule has 5 aliphatic rings. The Labute approximate surface area is 219 Å². The molecular weight excluding hydrogens is 492 g/mol. The Morgan fingerprint density at radius 1 is 1.24 bits per heavy atom. The smallest absolute Gasteiger partial charge is 0.255 e. The fourth-order valence-electron chi connectivity index (χ4n) is 7.79. The molecule has 2 aliphatic heterocycles. The van der Waals surface area contributed by atoms with Crippen LogP contribution in [0.25, 0.3) is 0 Å². The normalized spacial score (nSPS) is 34.1. The first-order valence-electron chi connectivity index (χ1n) is 12.9. The van der Waals surface area contributed by atoms with Crippen molar-refractivity contribution in [3.63, 3.8) is 0 Å². The lowest BCUT2D eigenvalue weighted by Gasteiger charge is -2.50. The van der Waals surface area contributed by atoms with Crippen LogP contribution < -0.4 is 16.0 Å². The second-order valence-corrected chi connectivity index (χ2v) is 11.5. The fraction of sp³-hybridized carbons (Fsp3) is 0.519. The summed E-state index contributed by atoms with van der Waals surface area (Å²) in [5, 5.41) is 48.6. The molecule has 0 aromatic heterocycles. The Kier molecular flexibility index (Phi) is 5.27. The summed E-state index contributed by atoms with van der Waals surface area (Å²) in [6.07, 6.45) is 1.37. The minimum Gasteiger partial charge on any atom is -0.510 e. The second kappa shape index (κ2) is 8.05. The number of aliphatic hydroxyl groups is 3. The van der Waals surface area contributed by atoms with Gasteiger partial charge in [-0.2, -0.15) is 0 Å². The summed E-state index contributed by atoms with van der Waals surface area (Å²) in [7, 11) is 5.19. The van der Waals surface area contributed by atoms with Gasteiger partial charge in [0.1, 0.15) is 22.8 Å². The number of carbonyl (C=O) groups is 3. The van der Waals surface area contributed by atoms with Gasteiger partial charge in [0.05, 0.1) is 11.6 Å². The summed E-state index contributed by atoms with van der Waals surface area (Å²) >= 11 is 0. The zero-order valence-electron chi connectivity index (χ0n) is 21.5. The third kappa shape index (κ3) is 2.97. The number of amides is 1. The molecule has 1 aromatic carbocycles. The Bertz CT molecular complexity index is 1380. The Hall–Kier alpha value is -3.41. The van der Waals surface area contributed by atoms with Crippen LogP contribution in [0.3, 0.4) is 0 Å². The molecule has 2 unspecified atom stereocenters. The van der Waals surface area contributed by atoms with Crippen LogP contribution in [-0.4, -0.2) is 88.7 Å². The van der Waals surface area contributed by atoms with Crippen LogP contribution in [0.1, 0.15) is 40.4 Å². The molecule has 11 nitrogen and oxygen atoms in total. The van der Waals surface area contributed by atoms with Crippen LogP contribution in [-0.2, 0) is 16.0 Å². The number of phenols is 1. The van der Waals surface area contributed by atoms with Gasteiger partial charge >= 0.3 is 0 Å². The van der Waals surface area contributed by atoms with Crippen LogP contribution in [0, 0.1) is 17.8 Å². The minimum absolute atomic E-state index is 0.0489. The van der Waals surface area contributed by atoms with Crippen LogP contribution >= 0.6 is 0 Å². The highest BCUT2D eigenvalue weighted by molar-refractivity contribution is 6.24. The maximum atomic E-state index is 13.9. The largest absolute Gasteiger partial charge is 0.510 e. The summed E-state index contributed by atoms with van der Waals surface area (Å²) in [5.41, 5.74) is 4.33. The molecule has 3 aliphatic carbocycles. The second-order valence-electron chi connectivity index (χ2n) is 11.5. The number of nitrogens with one attached hydrogen (secondary N) is 1. The van der Waals surface area contributed by atoms with E-state index in [0.717, 1.165) is 30.8 Å². The number of hydrogen-bond donors (Lipinski definition) is 6. The highest BCUT2D eigenvalue weighted by Crippen LogP contribution is 2.55. The third-order valence-electron chi connectivity index (χ3n) is 9.30. The first-order chi connectivity index (χ1) is 17.9. The average molecular weight is 525 g/mol. The van der Waals surface area contributed by atoms with E-state index in [1.807, 2.05) is 7.05 Å². The van der Waals surface area contributed by atoms with E-state index in [1.54, 1.807) is 25.1 Å². The molecule has 1 amide bonds. The van der Waals surface area contributed by atoms with E-state index >= 15 is 0 Å². The predicted molar refractivity (Wildman–Crippen MR) is 136 cm³/mol. The van der Waals surface area contributed by atoms with E-state index in [-0.39, 0.29) is 35.8 Å². The van der Waals surface area contributed by atoms with Crippen molar-refractivity contribution in [2.75, 3.05) is 39.1 Å². The van der Waals surface area contributed by atoms with Gasteiger partial charge in [-0.3, -0.25) is 19.3 Å². The maximum Gasteiger partial charge on any atom is 0.255 e. The van der Waals surface area contributed by atoms with E-state index in [1.165, 1.54) is 0 Å². The van der Waals surface area contributed by atoms with Crippen LogP contribution in [0.4, 0.5) is 5.69 Å². The number of anilines is 1. The number of nitrogens with zero attached hydrogens (tertiary/aromatic N) is 2. The number of rotatable bonds is 2. The van der Waals surface area contributed by atoms with Gasteiger partial charge in [-0.25, -0.2) is 0 Å². The number of likely N-dealkylation sites (N-methyl/N-ethyl adjacent to an activating group) is 1. The SMILES string of the molecule is CN1CC2CCNC2c2cc(O)c3c(c21)C[C@H]1C[C@H]2[C@@H](N(C)C)C(O)=C(C(N)=O)C(=O)[C@@]2(O)C(O)=C1C3=O. The molecule has 6 rings (SSSR count). The molecule has 0 spiro atoms. The van der Waals surface area contributed by atoms with Crippen molar-refractivity contribution in [3.05, 3.63) is 45.4 Å². The monoisotopic (exact) mass is 524 g/mol. The Morgan fingerprint density at radius 2 is 1.95 bits per heavy atom. The number of aliphatic hydroxyl groups excluding tert-OH is 2. The highest BCUT2D eigenvalue weighted by Gasteiger charge is 2.63. The molecule has 0 saturated carbocycles. The number of fused-ring (bicyclic) bond motifs is 7. The number of hydrogen-bond acceptors (Lipinski definition) is 10. The van der Waals surface area contributed by atoms with Crippen molar-refractivity contribution < 1.29 is 34.8 Å². The first kappa shape index (κ1) is 24.9. The average Bonchev–Trinajstić information content (AvgIpc) is 3.29. The quantitative estimate of drug-likeness (QED) is 0.293. The number of primary amides is 1. The van der Waals surface area contributed by atoms with Gasteiger partial charge in [0.15, 0.2) is 11.4 Å². The number of phenolic OH excluding ortho intramolecular Hbond substituents is 1. The molecule has 0 bridgehead atoms. The number of ketones is 2. The van der Waals surface area contributed by atoms with Gasteiger partial charge in [-0.15, -0.1) is 0 Å². The van der Waals surface area contributed by atoms with Crippen LogP contribution in [0.2, 0.25) is 0 Å². The first-order valence-corrected chi connectivity index (χ1v) is 12.9. The molecule has 6 atom stereocenters. The summed E-state index contributed by atoms with van der Waals surface area (Å²) in [4.78, 5) is 43.1. The number of benzene rings is 1. The Balaban J connectivity index is 1.55. The van der Waals surface area contributed by atoms with Gasteiger partial charge in [0.25, 0.3) is 5.91 Å². The summed E-state index contributed by atoms with van der Waals surface area (Å²) in [6.45, 7) is 1.66. The van der Waals surface area contributed by atoms with Gasteiger partial charge in [-0.05, 0) is 68.9 Å². The van der Waals surface area contributed by atoms with Crippen molar-refractivity contribution in [2.24, 2.45) is 23.5 Å². The minimum atomic E-state index is -2.63. The van der Waals surface area contributed by atoms with Crippen molar-refractivity contribution in [1.29, 1.82) is 0 Å². The maximum absolute atomic E-state index is 13.9. The predicted octanol–water partition coefficient (Wildman–Crippen LogP) is 0.221. The molecule has 2 heterocycles. The zero-order valence-corrected chi connectivity index (χ0v) is 21.5. The number of carbonyl (C=O) groups excluding carboxylic acids is 3. The van der Waals surface area contributed by atoms with Crippen molar-refractivity contribution in [2.45, 2.75) is 36.9 Å². The molecule has 1 aromatic rings. The Morgan fingerprint density at radius 3 is 2.61 bits per heavy atom. The fourth-order valence-corrected chi connectivity index (χ4v) is 7.79. The number of allylic oxidation sites excluding steroid dienone is 1. The standard InChI is InChI=1S/C27H32N4O7/c1-30(2)21-14-7-11-6-12-17(15(32)8-13-19-10(4-5-29-19)9-31(3)20(12)13)22(33)16(11)24(35)27(14,38)25(36)18(23(21)34)26(28)37/h8,10-11,14,19,21,29,32,34-35,38H,4-7,9H2,1-3H3,(H2,28,37)/t10?,11-,14-,19?,21+,27-/m0/s1. The molecular formula is C27H32N4O7. The van der Waals surface area contributed by atoms with E-state index < -0.39 is 58.0 Å². The molecule has 1 fully saturated rings. The number of nitrogens with two attached hydrogens (primary N) is 1. The summed E-state index contributed by atoms with van der Waals surface area (Å²) in [5.74, 6) is -6.01. The van der Waals surface area contributed by atoms with E-state index in [2.05, 4.69) is 10.2 Å². The number of aromatic hydroxyl groups is 1. The molecule has 202 valence electrons. The van der Waals surface area contributed by atoms with E-state index in [4.69, 9.17) is 5.73 Å². The van der Waals surface area contributed by atoms with Crippen molar-refractivity contribution in [1.82, 2.24) is 10.2 Å². The van der Waals surface area contributed by atoms with E-state index in [0.29, 0.717) is 11.5 Å². The third-order valence-corrected chi connectivity index (χ3v) is 9.30. The molecule has 7 N–H and O–H groups in total. The number of Topliss-reactive ketones (excluding diaryl/α,β-unsaturated/α-hetero) is 2. The lowest BCUT2D eigenvalue weighted by molar-refractivity contribution is -0.148. The lowest BCUT2D eigenvalue weighted by Crippen LogP contribution is -2.63. The van der Waals surface area contributed by atoms with Crippen molar-refractivity contribution >= 4 is 23.2 Å². The molecule has 38 heavy (non-hydrogen) atoms. The van der Waals surface area contributed by atoms with Crippen molar-refractivity contribution in [3.8, 4) is 5.75 Å². The topological polar surface area (TPSA) is 177 Å². The molecule has 11 heteroatoms. The summed E-state index contributed by atoms with van der Waals surface area (Å²) in [6, 6.07) is 0.665. The highest BCUT2D eigenvalue weighted by atomic mass is 16.3. The van der Waals surface area contributed by atoms with Gasteiger partial charge in [0.2, 0.25) is 5.78 Å². The zero-order chi connectivity index (χ0) is 27.4. The summed E-state index contributed by atoms with van der Waals surface area (Å²) < 4.78 is 0. The van der Waals surface area contributed by atoms with Gasteiger partial charge in [-0.1, -0.05) is 0 Å². The van der Waals surface area contributed by atoms with Gasteiger partial charge in [0, 0.05) is 36.8 Å². The van der Waals surface area contributed by atoms with Crippen LogP contribution in [0.15, 0.2) is 28.7 Å². The van der Waals surface area contributed by atoms with E-state index in [9.17, 15) is 34.8 Å². The lowest BCUT2D eigenvalue weighted by atomic mass is 9.58. The van der Waals surface area contributed by atoms with Gasteiger partial charge < -0.3 is 36.4 Å².